The molecule has 2 atom stereocenters. The molecule has 1 spiro atoms. The molecular formula is C10H14N2O4S. The summed E-state index contributed by atoms with van der Waals surface area (Å²) in [7, 11) is -3.10. The van der Waals surface area contributed by atoms with Crippen molar-refractivity contribution in [1.29, 1.82) is 0 Å². The van der Waals surface area contributed by atoms with Gasteiger partial charge in [-0.1, -0.05) is 6.42 Å². The number of hydrogen-bond donors (Lipinski definition) is 2. The van der Waals surface area contributed by atoms with Gasteiger partial charge in [-0.2, -0.15) is 0 Å². The van der Waals surface area contributed by atoms with Gasteiger partial charge in [-0.15, -0.1) is 0 Å². The van der Waals surface area contributed by atoms with Crippen LogP contribution in [0.25, 0.3) is 0 Å². The first kappa shape index (κ1) is 11.0. The monoisotopic (exact) mass is 258 g/mol. The van der Waals surface area contributed by atoms with Crippen molar-refractivity contribution in [3.8, 4) is 0 Å². The number of amides is 3. The van der Waals surface area contributed by atoms with E-state index in [9.17, 15) is 18.0 Å². The van der Waals surface area contributed by atoms with Crippen LogP contribution in [0.4, 0.5) is 4.79 Å². The fraction of sp³-hybridized carbons (Fsp3) is 0.800. The third-order valence-electron chi connectivity index (χ3n) is 4.15. The van der Waals surface area contributed by atoms with Gasteiger partial charge in [-0.25, -0.2) is 13.2 Å². The molecule has 3 aliphatic rings. The minimum atomic E-state index is -3.10. The Balaban J connectivity index is 1.99. The Morgan fingerprint density at radius 1 is 1.12 bits per heavy atom. The molecule has 2 bridgehead atoms. The van der Waals surface area contributed by atoms with Crippen molar-refractivity contribution in [1.82, 2.24) is 10.6 Å². The van der Waals surface area contributed by atoms with E-state index in [1.54, 1.807) is 0 Å². The van der Waals surface area contributed by atoms with Crippen molar-refractivity contribution in [2.45, 2.75) is 48.1 Å². The topological polar surface area (TPSA) is 92.3 Å². The largest absolute Gasteiger partial charge is 0.323 e. The first-order valence-electron chi connectivity index (χ1n) is 5.80. The lowest BCUT2D eigenvalue weighted by Gasteiger charge is -2.42. The van der Waals surface area contributed by atoms with Crippen LogP contribution in [0.3, 0.4) is 0 Å². The molecule has 2 unspecified atom stereocenters. The van der Waals surface area contributed by atoms with Crippen LogP contribution in [0, 0.1) is 0 Å². The molecule has 3 heterocycles. The number of rotatable bonds is 0. The molecule has 17 heavy (non-hydrogen) atoms. The minimum absolute atomic E-state index is 0.226. The van der Waals surface area contributed by atoms with Gasteiger partial charge in [0, 0.05) is 0 Å². The van der Waals surface area contributed by atoms with E-state index in [-0.39, 0.29) is 18.7 Å². The molecule has 6 nitrogen and oxygen atoms in total. The van der Waals surface area contributed by atoms with E-state index in [1.165, 1.54) is 0 Å². The number of sulfone groups is 1. The maximum atomic E-state index is 12.1. The van der Waals surface area contributed by atoms with Crippen LogP contribution in [0.1, 0.15) is 32.1 Å². The first-order valence-corrected chi connectivity index (χ1v) is 7.41. The van der Waals surface area contributed by atoms with Crippen molar-refractivity contribution in [3.05, 3.63) is 0 Å². The van der Waals surface area contributed by atoms with Crippen LogP contribution < -0.4 is 10.6 Å². The van der Waals surface area contributed by atoms with Gasteiger partial charge in [0.15, 0.2) is 9.84 Å². The molecule has 3 rings (SSSR count). The summed E-state index contributed by atoms with van der Waals surface area (Å²) in [4.78, 5) is 23.0. The molecule has 0 aromatic carbocycles. The van der Waals surface area contributed by atoms with Crippen molar-refractivity contribution in [2.24, 2.45) is 0 Å². The molecule has 0 radical (unpaired) electrons. The summed E-state index contributed by atoms with van der Waals surface area (Å²) >= 11 is 0. The zero-order valence-electron chi connectivity index (χ0n) is 9.23. The van der Waals surface area contributed by atoms with Crippen LogP contribution in [-0.2, 0) is 14.6 Å². The quantitative estimate of drug-likeness (QED) is 0.583. The van der Waals surface area contributed by atoms with Gasteiger partial charge in [0.05, 0.1) is 10.5 Å². The zero-order chi connectivity index (χ0) is 12.3. The second kappa shape index (κ2) is 3.22. The average molecular weight is 258 g/mol. The number of hydrogen-bond acceptors (Lipinski definition) is 4. The highest BCUT2D eigenvalue weighted by Gasteiger charge is 2.57. The van der Waals surface area contributed by atoms with Crippen molar-refractivity contribution < 1.29 is 18.0 Å². The van der Waals surface area contributed by atoms with Gasteiger partial charge < -0.3 is 5.32 Å². The first-order chi connectivity index (χ1) is 7.94. The molecule has 0 saturated carbocycles. The van der Waals surface area contributed by atoms with E-state index in [1.807, 2.05) is 0 Å². The molecule has 3 aliphatic heterocycles. The number of urea groups is 1. The lowest BCUT2D eigenvalue weighted by atomic mass is 9.83. The minimum Gasteiger partial charge on any atom is -0.323 e. The van der Waals surface area contributed by atoms with Crippen LogP contribution in [0.5, 0.6) is 0 Å². The number of carbonyl (C=O) groups excluding carboxylic acids is 2. The van der Waals surface area contributed by atoms with E-state index >= 15 is 0 Å². The lowest BCUT2D eigenvalue weighted by molar-refractivity contribution is -0.124. The molecule has 0 aromatic heterocycles. The van der Waals surface area contributed by atoms with Gasteiger partial charge in [-0.3, -0.25) is 10.1 Å². The van der Waals surface area contributed by atoms with Crippen molar-refractivity contribution in [2.75, 3.05) is 0 Å². The van der Waals surface area contributed by atoms with Gasteiger partial charge in [-0.05, 0) is 25.7 Å². The Morgan fingerprint density at radius 3 is 2.18 bits per heavy atom. The Hall–Kier alpha value is -1.11. The number of imide groups is 1. The van der Waals surface area contributed by atoms with Gasteiger partial charge in [0.25, 0.3) is 5.91 Å². The second-order valence-corrected chi connectivity index (χ2v) is 7.67. The Kier molecular flexibility index (Phi) is 2.08. The summed E-state index contributed by atoms with van der Waals surface area (Å²) in [5.74, 6) is -0.366. The standard InChI is InChI=1S/C10H14N2O4S/c13-8-10(12-9(14)11-8)4-6-2-1-3-7(5-10)17(6,15)16/h6-7H,1-5H2,(H2,11,12,13,14). The third-order valence-corrected chi connectivity index (χ3v) is 6.81. The second-order valence-electron chi connectivity index (χ2n) is 5.16. The fourth-order valence-electron chi connectivity index (χ4n) is 3.29. The molecule has 94 valence electrons. The normalized spacial score (nSPS) is 43.3. The number of fused-ring (bicyclic) bond motifs is 2. The summed E-state index contributed by atoms with van der Waals surface area (Å²) < 4.78 is 24.2. The summed E-state index contributed by atoms with van der Waals surface area (Å²) in [5, 5.41) is 3.89. The SMILES string of the molecule is O=C1NC(=O)C2(CC3CCCC(C2)S3(=O)=O)N1. The molecule has 3 amide bonds. The van der Waals surface area contributed by atoms with E-state index in [4.69, 9.17) is 0 Å². The van der Waals surface area contributed by atoms with E-state index < -0.39 is 31.9 Å². The smallest absolute Gasteiger partial charge is 0.322 e. The number of carbonyl (C=O) groups is 2. The molecule has 2 N–H and O–H groups in total. The van der Waals surface area contributed by atoms with Crippen LogP contribution in [-0.4, -0.2) is 36.4 Å². The average Bonchev–Trinajstić information content (AvgIpc) is 2.45. The highest BCUT2D eigenvalue weighted by Crippen LogP contribution is 2.42. The summed E-state index contributed by atoms with van der Waals surface area (Å²) in [6.07, 6.45) is 2.54. The maximum Gasteiger partial charge on any atom is 0.322 e. The summed E-state index contributed by atoms with van der Waals surface area (Å²) in [5.41, 5.74) is -0.974. The Morgan fingerprint density at radius 2 is 1.71 bits per heavy atom. The van der Waals surface area contributed by atoms with Crippen LogP contribution >= 0.6 is 0 Å². The van der Waals surface area contributed by atoms with E-state index in [0.29, 0.717) is 12.8 Å². The maximum absolute atomic E-state index is 12.1. The van der Waals surface area contributed by atoms with Crippen molar-refractivity contribution in [3.63, 3.8) is 0 Å². The van der Waals surface area contributed by atoms with E-state index in [0.717, 1.165) is 6.42 Å². The molecule has 3 saturated heterocycles. The molecule has 0 aliphatic carbocycles. The van der Waals surface area contributed by atoms with Gasteiger partial charge >= 0.3 is 6.03 Å². The van der Waals surface area contributed by atoms with Gasteiger partial charge in [0.2, 0.25) is 0 Å². The summed E-state index contributed by atoms with van der Waals surface area (Å²) in [6.45, 7) is 0. The molecular weight excluding hydrogens is 244 g/mol. The number of nitrogens with one attached hydrogen (secondary N) is 2. The third kappa shape index (κ3) is 1.41. The van der Waals surface area contributed by atoms with Gasteiger partial charge in [0.1, 0.15) is 5.54 Å². The Labute approximate surface area is 99.1 Å². The highest BCUT2D eigenvalue weighted by molar-refractivity contribution is 7.92. The van der Waals surface area contributed by atoms with E-state index in [2.05, 4.69) is 10.6 Å². The predicted molar refractivity (Wildman–Crippen MR) is 59.0 cm³/mol. The Bertz CT molecular complexity index is 478. The molecule has 0 aromatic rings. The fourth-order valence-corrected chi connectivity index (χ4v) is 5.85. The highest BCUT2D eigenvalue weighted by atomic mass is 32.2. The molecule has 7 heteroatoms. The van der Waals surface area contributed by atoms with Crippen molar-refractivity contribution >= 4 is 21.8 Å². The summed E-state index contributed by atoms with van der Waals surface area (Å²) in [6, 6.07) is -0.507. The molecule has 3 fully saturated rings. The predicted octanol–water partition coefficient (Wildman–Crippen LogP) is -0.306. The van der Waals surface area contributed by atoms with Crippen LogP contribution in [0.2, 0.25) is 0 Å². The van der Waals surface area contributed by atoms with Crippen LogP contribution in [0.15, 0.2) is 0 Å². The zero-order valence-corrected chi connectivity index (χ0v) is 10.0. The lowest BCUT2D eigenvalue weighted by Crippen LogP contribution is -2.59.